The molecule has 1 fully saturated rings. The van der Waals surface area contributed by atoms with Gasteiger partial charge in [-0.05, 0) is 44.2 Å². The van der Waals surface area contributed by atoms with Gasteiger partial charge in [0, 0.05) is 11.5 Å². The fourth-order valence-corrected chi connectivity index (χ4v) is 3.74. The maximum atomic E-state index is 12.4. The highest BCUT2D eigenvalue weighted by Gasteiger charge is 2.26. The van der Waals surface area contributed by atoms with Crippen LogP contribution in [-0.4, -0.2) is 24.7 Å². The summed E-state index contributed by atoms with van der Waals surface area (Å²) >= 11 is 1.60. The summed E-state index contributed by atoms with van der Waals surface area (Å²) in [5.41, 5.74) is 1.31. The molecule has 1 aromatic heterocycles. The van der Waals surface area contributed by atoms with Gasteiger partial charge < -0.3 is 10.1 Å². The second-order valence-electron chi connectivity index (χ2n) is 5.48. The largest absolute Gasteiger partial charge is 0.376 e. The first-order chi connectivity index (χ1) is 9.65. The predicted octanol–water partition coefficient (Wildman–Crippen LogP) is 3.70. The Bertz CT molecular complexity index is 449. The fraction of sp³-hybridized carbons (Fsp3) is 0.688. The van der Waals surface area contributed by atoms with Crippen molar-refractivity contribution < 1.29 is 9.53 Å². The van der Waals surface area contributed by atoms with Gasteiger partial charge in [-0.3, -0.25) is 4.79 Å². The minimum Gasteiger partial charge on any atom is -0.376 e. The van der Waals surface area contributed by atoms with Gasteiger partial charge in [0.25, 0.3) is 5.91 Å². The van der Waals surface area contributed by atoms with E-state index in [4.69, 9.17) is 4.74 Å². The number of thiophene rings is 1. The number of carbonyl (C=O) groups excluding carboxylic acids is 1. The fourth-order valence-electron chi connectivity index (χ4n) is 2.77. The highest BCUT2D eigenvalue weighted by atomic mass is 32.1. The Labute approximate surface area is 125 Å². The van der Waals surface area contributed by atoms with Crippen molar-refractivity contribution in [3.8, 4) is 0 Å². The number of rotatable bonds is 6. The van der Waals surface area contributed by atoms with E-state index in [9.17, 15) is 4.79 Å². The van der Waals surface area contributed by atoms with E-state index in [0.29, 0.717) is 0 Å². The van der Waals surface area contributed by atoms with Gasteiger partial charge in [-0.2, -0.15) is 0 Å². The molecule has 0 bridgehead atoms. The van der Waals surface area contributed by atoms with E-state index >= 15 is 0 Å². The molecule has 2 rings (SSSR count). The standard InChI is InChI=1S/C16H25NO2S/c1-4-7-12-10-15(20-11(12)3)16(18)17-13(5-2)14-8-6-9-19-14/h10,13-14H,4-9H2,1-3H3,(H,17,18)/t13-,14-/m0/s1. The van der Waals surface area contributed by atoms with E-state index < -0.39 is 0 Å². The summed E-state index contributed by atoms with van der Waals surface area (Å²) in [6.07, 6.45) is 5.45. The molecule has 2 heterocycles. The first-order valence-corrected chi connectivity index (χ1v) is 8.49. The lowest BCUT2D eigenvalue weighted by Crippen LogP contribution is -2.42. The van der Waals surface area contributed by atoms with Crippen LogP contribution >= 0.6 is 11.3 Å². The van der Waals surface area contributed by atoms with E-state index in [1.54, 1.807) is 11.3 Å². The molecule has 1 aromatic rings. The lowest BCUT2D eigenvalue weighted by atomic mass is 10.1. The van der Waals surface area contributed by atoms with E-state index in [1.807, 2.05) is 0 Å². The maximum absolute atomic E-state index is 12.4. The molecular weight excluding hydrogens is 270 g/mol. The number of amides is 1. The summed E-state index contributed by atoms with van der Waals surface area (Å²) in [4.78, 5) is 14.5. The summed E-state index contributed by atoms with van der Waals surface area (Å²) in [5.74, 6) is 0.0582. The lowest BCUT2D eigenvalue weighted by molar-refractivity contribution is 0.0667. The van der Waals surface area contributed by atoms with E-state index in [-0.39, 0.29) is 18.1 Å². The molecule has 0 radical (unpaired) electrons. The number of carbonyl (C=O) groups is 1. The van der Waals surface area contributed by atoms with Crippen molar-refractivity contribution in [2.45, 2.75) is 65.0 Å². The van der Waals surface area contributed by atoms with Crippen LogP contribution in [0.15, 0.2) is 6.07 Å². The monoisotopic (exact) mass is 295 g/mol. The van der Waals surface area contributed by atoms with Gasteiger partial charge in [-0.15, -0.1) is 11.3 Å². The second kappa shape index (κ2) is 7.23. The molecule has 3 nitrogen and oxygen atoms in total. The lowest BCUT2D eigenvalue weighted by Gasteiger charge is -2.22. The highest BCUT2D eigenvalue weighted by molar-refractivity contribution is 7.14. The average molecular weight is 295 g/mol. The van der Waals surface area contributed by atoms with Crippen molar-refractivity contribution in [3.63, 3.8) is 0 Å². The number of nitrogens with one attached hydrogen (secondary N) is 1. The zero-order valence-corrected chi connectivity index (χ0v) is 13.5. The van der Waals surface area contributed by atoms with Gasteiger partial charge >= 0.3 is 0 Å². The molecule has 1 saturated heterocycles. The molecule has 1 aliphatic rings. The molecule has 4 heteroatoms. The number of aryl methyl sites for hydroxylation is 2. The quantitative estimate of drug-likeness (QED) is 0.869. The summed E-state index contributed by atoms with van der Waals surface area (Å²) in [6.45, 7) is 7.20. The van der Waals surface area contributed by atoms with Crippen molar-refractivity contribution >= 4 is 17.2 Å². The van der Waals surface area contributed by atoms with Crippen LogP contribution in [0.1, 0.15) is 59.6 Å². The summed E-state index contributed by atoms with van der Waals surface area (Å²) in [5, 5.41) is 3.15. The number of hydrogen-bond donors (Lipinski definition) is 1. The Morgan fingerprint density at radius 3 is 2.95 bits per heavy atom. The van der Waals surface area contributed by atoms with Crippen LogP contribution in [-0.2, 0) is 11.2 Å². The topological polar surface area (TPSA) is 38.3 Å². The third-order valence-electron chi connectivity index (χ3n) is 3.93. The van der Waals surface area contributed by atoms with E-state index in [1.165, 1.54) is 10.4 Å². The highest BCUT2D eigenvalue weighted by Crippen LogP contribution is 2.24. The average Bonchev–Trinajstić information content (AvgIpc) is 3.07. The molecule has 20 heavy (non-hydrogen) atoms. The second-order valence-corrected chi connectivity index (χ2v) is 6.74. The molecule has 0 unspecified atom stereocenters. The molecule has 0 aliphatic carbocycles. The van der Waals surface area contributed by atoms with Crippen LogP contribution in [0.3, 0.4) is 0 Å². The molecule has 1 N–H and O–H groups in total. The van der Waals surface area contributed by atoms with Gasteiger partial charge in [0.1, 0.15) is 0 Å². The number of ether oxygens (including phenoxy) is 1. The minimum atomic E-state index is 0.0582. The molecule has 0 spiro atoms. The van der Waals surface area contributed by atoms with Crippen molar-refractivity contribution in [1.29, 1.82) is 0 Å². The van der Waals surface area contributed by atoms with Gasteiger partial charge in [-0.25, -0.2) is 0 Å². The van der Waals surface area contributed by atoms with Gasteiger partial charge in [-0.1, -0.05) is 20.3 Å². The molecular formula is C16H25NO2S. The smallest absolute Gasteiger partial charge is 0.261 e. The van der Waals surface area contributed by atoms with Crippen LogP contribution in [0.4, 0.5) is 0 Å². The summed E-state index contributed by atoms with van der Waals surface area (Å²) < 4.78 is 5.70. The third kappa shape index (κ3) is 3.61. The first-order valence-electron chi connectivity index (χ1n) is 7.67. The zero-order chi connectivity index (χ0) is 14.5. The minimum absolute atomic E-state index is 0.0582. The van der Waals surface area contributed by atoms with Crippen molar-refractivity contribution in [2.75, 3.05) is 6.61 Å². The van der Waals surface area contributed by atoms with Crippen LogP contribution in [0.25, 0.3) is 0 Å². The Morgan fingerprint density at radius 1 is 1.55 bits per heavy atom. The Kier molecular flexibility index (Phi) is 5.61. The molecule has 2 atom stereocenters. The Morgan fingerprint density at radius 2 is 2.35 bits per heavy atom. The van der Waals surface area contributed by atoms with Crippen LogP contribution < -0.4 is 5.32 Å². The Hall–Kier alpha value is -0.870. The van der Waals surface area contributed by atoms with Crippen LogP contribution in [0, 0.1) is 6.92 Å². The van der Waals surface area contributed by atoms with E-state index in [2.05, 4.69) is 32.2 Å². The van der Waals surface area contributed by atoms with Gasteiger partial charge in [0.05, 0.1) is 17.0 Å². The molecule has 0 saturated carbocycles. The maximum Gasteiger partial charge on any atom is 0.261 e. The normalized spacial score (nSPS) is 20.1. The van der Waals surface area contributed by atoms with Crippen LogP contribution in [0.2, 0.25) is 0 Å². The molecule has 1 aliphatic heterocycles. The predicted molar refractivity (Wildman–Crippen MR) is 83.6 cm³/mol. The zero-order valence-electron chi connectivity index (χ0n) is 12.7. The van der Waals surface area contributed by atoms with Crippen molar-refractivity contribution in [2.24, 2.45) is 0 Å². The molecule has 1 amide bonds. The first kappa shape index (κ1) is 15.5. The van der Waals surface area contributed by atoms with Crippen LogP contribution in [0.5, 0.6) is 0 Å². The third-order valence-corrected chi connectivity index (χ3v) is 5.03. The molecule has 0 aromatic carbocycles. The van der Waals surface area contributed by atoms with Crippen molar-refractivity contribution in [3.05, 3.63) is 21.4 Å². The van der Waals surface area contributed by atoms with Crippen molar-refractivity contribution in [1.82, 2.24) is 5.32 Å². The molecule has 112 valence electrons. The summed E-state index contributed by atoms with van der Waals surface area (Å²) in [7, 11) is 0. The van der Waals surface area contributed by atoms with Gasteiger partial charge in [0.2, 0.25) is 0 Å². The Balaban J connectivity index is 2.01. The SMILES string of the molecule is CCCc1cc(C(=O)N[C@@H](CC)[C@@H]2CCCO2)sc1C. The summed E-state index contributed by atoms with van der Waals surface area (Å²) in [6, 6.07) is 2.20. The number of hydrogen-bond acceptors (Lipinski definition) is 3. The van der Waals surface area contributed by atoms with E-state index in [0.717, 1.165) is 43.6 Å². The van der Waals surface area contributed by atoms with Gasteiger partial charge in [0.15, 0.2) is 0 Å².